The number of carbonyl (C=O) groups is 1. The number of hydrogen-bond donors (Lipinski definition) is 1. The van der Waals surface area contributed by atoms with Gasteiger partial charge in [0.2, 0.25) is 15.9 Å². The van der Waals surface area contributed by atoms with E-state index in [1.807, 2.05) is 6.92 Å². The molecular formula is C13H26N2O4S. The van der Waals surface area contributed by atoms with Gasteiger partial charge in [-0.3, -0.25) is 4.79 Å². The second-order valence-corrected chi connectivity index (χ2v) is 7.09. The van der Waals surface area contributed by atoms with Gasteiger partial charge in [-0.25, -0.2) is 13.1 Å². The lowest BCUT2D eigenvalue weighted by atomic mass is 10.2. The summed E-state index contributed by atoms with van der Waals surface area (Å²) >= 11 is 0. The van der Waals surface area contributed by atoms with Crippen molar-refractivity contribution in [3.8, 4) is 0 Å². The first kappa shape index (κ1) is 17.4. The zero-order valence-corrected chi connectivity index (χ0v) is 13.2. The minimum atomic E-state index is -3.21. The summed E-state index contributed by atoms with van der Waals surface area (Å²) in [6, 6.07) is 0. The molecule has 0 spiro atoms. The number of amides is 1. The molecule has 0 saturated carbocycles. The van der Waals surface area contributed by atoms with E-state index in [9.17, 15) is 13.2 Å². The number of unbranched alkanes of at least 4 members (excludes halogenated alkanes) is 1. The zero-order valence-electron chi connectivity index (χ0n) is 12.4. The van der Waals surface area contributed by atoms with Crippen molar-refractivity contribution in [3.05, 3.63) is 0 Å². The first-order valence-corrected chi connectivity index (χ1v) is 8.94. The van der Waals surface area contributed by atoms with E-state index in [1.165, 1.54) is 6.92 Å². The molecule has 0 bridgehead atoms. The number of sulfonamides is 1. The molecular weight excluding hydrogens is 280 g/mol. The van der Waals surface area contributed by atoms with E-state index in [0.29, 0.717) is 19.5 Å². The Morgan fingerprint density at radius 1 is 1.45 bits per heavy atom. The third-order valence-electron chi connectivity index (χ3n) is 3.36. The summed E-state index contributed by atoms with van der Waals surface area (Å²) in [5, 5.41) is 0. The fourth-order valence-corrected chi connectivity index (χ4v) is 3.37. The van der Waals surface area contributed by atoms with Crippen molar-refractivity contribution >= 4 is 15.9 Å². The molecule has 1 heterocycles. The molecule has 1 N–H and O–H groups in total. The third-order valence-corrected chi connectivity index (χ3v) is 4.83. The topological polar surface area (TPSA) is 75.7 Å². The van der Waals surface area contributed by atoms with Gasteiger partial charge in [-0.2, -0.15) is 0 Å². The molecule has 1 atom stereocenters. The van der Waals surface area contributed by atoms with Crippen LogP contribution in [0.5, 0.6) is 0 Å². The molecule has 1 aliphatic rings. The van der Waals surface area contributed by atoms with E-state index in [1.54, 1.807) is 4.90 Å². The summed E-state index contributed by atoms with van der Waals surface area (Å²) in [7, 11) is -3.21. The van der Waals surface area contributed by atoms with Gasteiger partial charge in [-0.05, 0) is 19.3 Å². The predicted molar refractivity (Wildman–Crippen MR) is 77.9 cm³/mol. The number of nitrogens with one attached hydrogen (secondary N) is 1. The summed E-state index contributed by atoms with van der Waals surface area (Å²) in [6.45, 7) is 5.40. The Bertz CT molecular complexity index is 391. The normalized spacial score (nSPS) is 19.2. The highest BCUT2D eigenvalue weighted by atomic mass is 32.2. The van der Waals surface area contributed by atoms with Crippen molar-refractivity contribution in [2.75, 3.05) is 32.0 Å². The second-order valence-electron chi connectivity index (χ2n) is 5.17. The lowest BCUT2D eigenvalue weighted by molar-refractivity contribution is -0.130. The van der Waals surface area contributed by atoms with Crippen LogP contribution in [0, 0.1) is 0 Å². The van der Waals surface area contributed by atoms with E-state index < -0.39 is 10.0 Å². The van der Waals surface area contributed by atoms with Gasteiger partial charge in [-0.15, -0.1) is 0 Å². The molecule has 0 aromatic rings. The average Bonchev–Trinajstić information content (AvgIpc) is 2.88. The van der Waals surface area contributed by atoms with Crippen LogP contribution in [0.4, 0.5) is 0 Å². The van der Waals surface area contributed by atoms with E-state index in [0.717, 1.165) is 25.9 Å². The van der Waals surface area contributed by atoms with Gasteiger partial charge in [0.05, 0.1) is 11.9 Å². The first-order valence-electron chi connectivity index (χ1n) is 7.29. The van der Waals surface area contributed by atoms with Crippen molar-refractivity contribution in [1.82, 2.24) is 9.62 Å². The van der Waals surface area contributed by atoms with Gasteiger partial charge in [0, 0.05) is 33.2 Å². The molecule has 1 rings (SSSR count). The summed E-state index contributed by atoms with van der Waals surface area (Å²) in [5.74, 6) is 0.100. The Hall–Kier alpha value is -0.660. The van der Waals surface area contributed by atoms with Gasteiger partial charge < -0.3 is 9.64 Å². The summed E-state index contributed by atoms with van der Waals surface area (Å²) in [6.07, 6.45) is 3.59. The van der Waals surface area contributed by atoms with Crippen molar-refractivity contribution in [3.63, 3.8) is 0 Å². The predicted octanol–water partition coefficient (Wildman–Crippen LogP) is 0.733. The van der Waals surface area contributed by atoms with Crippen molar-refractivity contribution in [2.24, 2.45) is 0 Å². The number of nitrogens with zero attached hydrogens (tertiary/aromatic N) is 1. The molecule has 118 valence electrons. The van der Waals surface area contributed by atoms with Crippen LogP contribution < -0.4 is 4.72 Å². The number of rotatable bonds is 9. The second kappa shape index (κ2) is 8.59. The maximum atomic E-state index is 11.6. The Balaban J connectivity index is 2.33. The maximum absolute atomic E-state index is 11.6. The smallest absolute Gasteiger partial charge is 0.219 e. The average molecular weight is 306 g/mol. The van der Waals surface area contributed by atoms with E-state index >= 15 is 0 Å². The molecule has 7 heteroatoms. The van der Waals surface area contributed by atoms with Crippen LogP contribution in [-0.2, 0) is 19.6 Å². The van der Waals surface area contributed by atoms with Crippen LogP contribution in [0.3, 0.4) is 0 Å². The number of carbonyl (C=O) groups excluding carboxylic acids is 1. The van der Waals surface area contributed by atoms with E-state index in [4.69, 9.17) is 4.74 Å². The number of ether oxygens (including phenoxy) is 1. The minimum Gasteiger partial charge on any atom is -0.376 e. The fraction of sp³-hybridized carbons (Fsp3) is 0.923. The molecule has 1 unspecified atom stereocenters. The Morgan fingerprint density at radius 3 is 2.75 bits per heavy atom. The first-order chi connectivity index (χ1) is 9.44. The van der Waals surface area contributed by atoms with Crippen LogP contribution in [0.2, 0.25) is 0 Å². The van der Waals surface area contributed by atoms with Gasteiger partial charge >= 0.3 is 0 Å². The molecule has 1 fully saturated rings. The van der Waals surface area contributed by atoms with Gasteiger partial charge in [0.25, 0.3) is 0 Å². The molecule has 0 radical (unpaired) electrons. The molecule has 0 aromatic carbocycles. The molecule has 20 heavy (non-hydrogen) atoms. The largest absolute Gasteiger partial charge is 0.376 e. The SMILES string of the molecule is CCCCS(=O)(=O)NCCN(CC1CCCO1)C(C)=O. The highest BCUT2D eigenvalue weighted by molar-refractivity contribution is 7.89. The minimum absolute atomic E-state index is 0.0479. The van der Waals surface area contributed by atoms with Crippen LogP contribution >= 0.6 is 0 Å². The highest BCUT2D eigenvalue weighted by Gasteiger charge is 2.21. The monoisotopic (exact) mass is 306 g/mol. The van der Waals surface area contributed by atoms with Crippen LogP contribution in [0.25, 0.3) is 0 Å². The Morgan fingerprint density at radius 2 is 2.20 bits per heavy atom. The van der Waals surface area contributed by atoms with Gasteiger partial charge in [-0.1, -0.05) is 13.3 Å². The number of hydrogen-bond acceptors (Lipinski definition) is 4. The van der Waals surface area contributed by atoms with Gasteiger partial charge in [0.15, 0.2) is 0 Å². The Kier molecular flexibility index (Phi) is 7.47. The summed E-state index contributed by atoms with van der Waals surface area (Å²) in [4.78, 5) is 13.2. The quantitative estimate of drug-likeness (QED) is 0.681. The van der Waals surface area contributed by atoms with Crippen LogP contribution in [0.15, 0.2) is 0 Å². The van der Waals surface area contributed by atoms with E-state index in [2.05, 4.69) is 4.72 Å². The lowest BCUT2D eigenvalue weighted by Gasteiger charge is -2.24. The van der Waals surface area contributed by atoms with Crippen molar-refractivity contribution < 1.29 is 17.9 Å². The molecule has 0 aromatic heterocycles. The third kappa shape index (κ3) is 6.67. The molecule has 1 aliphatic heterocycles. The summed E-state index contributed by atoms with van der Waals surface area (Å²) in [5.41, 5.74) is 0. The Labute approximate surface area is 121 Å². The van der Waals surface area contributed by atoms with Gasteiger partial charge in [0.1, 0.15) is 0 Å². The molecule has 1 saturated heterocycles. The lowest BCUT2D eigenvalue weighted by Crippen LogP contribution is -2.41. The molecule has 1 amide bonds. The van der Waals surface area contributed by atoms with E-state index in [-0.39, 0.29) is 24.3 Å². The maximum Gasteiger partial charge on any atom is 0.219 e. The fourth-order valence-electron chi connectivity index (χ4n) is 2.15. The van der Waals surface area contributed by atoms with Crippen LogP contribution in [0.1, 0.15) is 39.5 Å². The summed E-state index contributed by atoms with van der Waals surface area (Å²) < 4.78 is 31.3. The molecule has 0 aliphatic carbocycles. The molecule has 6 nitrogen and oxygen atoms in total. The van der Waals surface area contributed by atoms with Crippen molar-refractivity contribution in [2.45, 2.75) is 45.6 Å². The van der Waals surface area contributed by atoms with Crippen molar-refractivity contribution in [1.29, 1.82) is 0 Å². The highest BCUT2D eigenvalue weighted by Crippen LogP contribution is 2.13. The van der Waals surface area contributed by atoms with Crippen LogP contribution in [-0.4, -0.2) is 57.3 Å². The zero-order chi connectivity index (χ0) is 15.0. The standard InChI is InChI=1S/C13H26N2O4S/c1-3-4-10-20(17,18)14-7-8-15(12(2)16)11-13-6-5-9-19-13/h13-14H,3-11H2,1-2H3.